The van der Waals surface area contributed by atoms with E-state index in [1.807, 2.05) is 25.1 Å². The zero-order chi connectivity index (χ0) is 14.4. The van der Waals surface area contributed by atoms with Crippen molar-refractivity contribution in [3.63, 3.8) is 0 Å². The van der Waals surface area contributed by atoms with Gasteiger partial charge in [0.15, 0.2) is 0 Å². The van der Waals surface area contributed by atoms with Crippen molar-refractivity contribution < 1.29 is 4.79 Å². The highest BCUT2D eigenvalue weighted by Gasteiger charge is 2.10. The summed E-state index contributed by atoms with van der Waals surface area (Å²) in [5.74, 6) is 0. The van der Waals surface area contributed by atoms with Crippen LogP contribution in [0.1, 0.15) is 24.8 Å². The van der Waals surface area contributed by atoms with Crippen LogP contribution in [-0.2, 0) is 0 Å². The fraction of sp³-hybridized carbons (Fsp3) is 0.533. The van der Waals surface area contributed by atoms with Gasteiger partial charge in [0.25, 0.3) is 0 Å². The van der Waals surface area contributed by atoms with Gasteiger partial charge < -0.3 is 15.5 Å². The third kappa shape index (κ3) is 4.80. The third-order valence-electron chi connectivity index (χ3n) is 3.55. The second-order valence-corrected chi connectivity index (χ2v) is 6.10. The summed E-state index contributed by atoms with van der Waals surface area (Å²) in [6.45, 7) is 6.23. The van der Waals surface area contributed by atoms with Crippen LogP contribution in [0.15, 0.2) is 22.7 Å². The number of likely N-dealkylation sites (tertiary alicyclic amines) is 1. The summed E-state index contributed by atoms with van der Waals surface area (Å²) in [6, 6.07) is 5.65. The molecule has 1 aliphatic rings. The Morgan fingerprint density at radius 3 is 2.80 bits per heavy atom. The van der Waals surface area contributed by atoms with Crippen molar-refractivity contribution in [1.82, 2.24) is 10.2 Å². The maximum Gasteiger partial charge on any atom is 0.319 e. The normalized spacial score (nSPS) is 15.3. The quantitative estimate of drug-likeness (QED) is 0.808. The van der Waals surface area contributed by atoms with Crippen LogP contribution in [0.25, 0.3) is 0 Å². The van der Waals surface area contributed by atoms with E-state index in [4.69, 9.17) is 0 Å². The highest BCUT2D eigenvalue weighted by atomic mass is 79.9. The Balaban J connectivity index is 1.65. The van der Waals surface area contributed by atoms with E-state index in [0.717, 1.165) is 35.2 Å². The molecule has 0 atom stereocenters. The van der Waals surface area contributed by atoms with Gasteiger partial charge in [0.05, 0.1) is 0 Å². The average Bonchev–Trinajstić information content (AvgIpc) is 2.92. The molecule has 1 fully saturated rings. The van der Waals surface area contributed by atoms with Crippen LogP contribution in [0.4, 0.5) is 10.5 Å². The molecule has 110 valence electrons. The number of aryl methyl sites for hydroxylation is 1. The molecule has 4 nitrogen and oxygen atoms in total. The van der Waals surface area contributed by atoms with Gasteiger partial charge >= 0.3 is 6.03 Å². The van der Waals surface area contributed by atoms with Gasteiger partial charge in [-0.05, 0) is 69.6 Å². The second kappa shape index (κ2) is 7.64. The molecule has 0 saturated carbocycles. The predicted octanol–water partition coefficient (Wildman–Crippen LogP) is 3.36. The lowest BCUT2D eigenvalue weighted by Gasteiger charge is -2.14. The molecule has 0 aliphatic carbocycles. The van der Waals surface area contributed by atoms with E-state index in [-0.39, 0.29) is 6.03 Å². The molecule has 0 aromatic heterocycles. The fourth-order valence-corrected chi connectivity index (χ4v) is 2.66. The Labute approximate surface area is 129 Å². The zero-order valence-corrected chi connectivity index (χ0v) is 13.5. The summed E-state index contributed by atoms with van der Waals surface area (Å²) in [7, 11) is 0. The Morgan fingerprint density at radius 2 is 2.10 bits per heavy atom. The largest absolute Gasteiger partial charge is 0.338 e. The van der Waals surface area contributed by atoms with E-state index in [9.17, 15) is 4.79 Å². The van der Waals surface area contributed by atoms with Gasteiger partial charge in [0.2, 0.25) is 0 Å². The molecule has 0 spiro atoms. The first-order valence-electron chi connectivity index (χ1n) is 7.18. The molecule has 1 aromatic rings. The van der Waals surface area contributed by atoms with E-state index in [2.05, 4.69) is 31.5 Å². The number of urea groups is 1. The van der Waals surface area contributed by atoms with E-state index in [0.29, 0.717) is 0 Å². The average molecular weight is 340 g/mol. The topological polar surface area (TPSA) is 44.4 Å². The second-order valence-electron chi connectivity index (χ2n) is 5.25. The third-order valence-corrected chi connectivity index (χ3v) is 4.44. The van der Waals surface area contributed by atoms with Gasteiger partial charge in [-0.1, -0.05) is 15.9 Å². The lowest BCUT2D eigenvalue weighted by atomic mass is 10.2. The zero-order valence-electron chi connectivity index (χ0n) is 11.9. The summed E-state index contributed by atoms with van der Waals surface area (Å²) >= 11 is 3.45. The number of carbonyl (C=O) groups is 1. The number of rotatable bonds is 5. The van der Waals surface area contributed by atoms with Crippen molar-refractivity contribution >= 4 is 27.6 Å². The monoisotopic (exact) mass is 339 g/mol. The number of benzene rings is 1. The number of carbonyl (C=O) groups excluding carboxylic acids is 1. The molecule has 2 N–H and O–H groups in total. The molecule has 1 aromatic carbocycles. The molecular formula is C15H22BrN3O. The van der Waals surface area contributed by atoms with E-state index >= 15 is 0 Å². The minimum atomic E-state index is -0.131. The number of hydrogen-bond donors (Lipinski definition) is 2. The highest BCUT2D eigenvalue weighted by Crippen LogP contribution is 2.19. The van der Waals surface area contributed by atoms with Crippen LogP contribution in [-0.4, -0.2) is 37.1 Å². The van der Waals surface area contributed by atoms with Crippen LogP contribution >= 0.6 is 15.9 Å². The van der Waals surface area contributed by atoms with Crippen LogP contribution in [0.3, 0.4) is 0 Å². The van der Waals surface area contributed by atoms with Gasteiger partial charge in [-0.3, -0.25) is 0 Å². The van der Waals surface area contributed by atoms with E-state index in [1.54, 1.807) is 0 Å². The summed E-state index contributed by atoms with van der Waals surface area (Å²) in [5.41, 5.74) is 1.93. The Bertz CT molecular complexity index is 458. The number of nitrogens with zero attached hydrogens (tertiary/aromatic N) is 1. The van der Waals surface area contributed by atoms with E-state index < -0.39 is 0 Å². The SMILES string of the molecule is Cc1cc(NC(=O)NCCCN2CCCC2)ccc1Br. The van der Waals surface area contributed by atoms with Crippen LogP contribution < -0.4 is 10.6 Å². The molecule has 1 aliphatic heterocycles. The molecule has 2 amide bonds. The first-order valence-corrected chi connectivity index (χ1v) is 7.98. The van der Waals surface area contributed by atoms with Gasteiger partial charge in [-0.2, -0.15) is 0 Å². The lowest BCUT2D eigenvalue weighted by Crippen LogP contribution is -2.31. The van der Waals surface area contributed by atoms with Crippen LogP contribution in [0.2, 0.25) is 0 Å². The summed E-state index contributed by atoms with van der Waals surface area (Å²) in [6.07, 6.45) is 3.64. The van der Waals surface area contributed by atoms with Crippen molar-refractivity contribution in [3.05, 3.63) is 28.2 Å². The maximum absolute atomic E-state index is 11.8. The van der Waals surface area contributed by atoms with Crippen molar-refractivity contribution in [2.24, 2.45) is 0 Å². The van der Waals surface area contributed by atoms with Crippen molar-refractivity contribution in [2.75, 3.05) is 31.5 Å². The van der Waals surface area contributed by atoms with E-state index in [1.165, 1.54) is 25.9 Å². The predicted molar refractivity (Wildman–Crippen MR) is 86.2 cm³/mol. The Morgan fingerprint density at radius 1 is 1.35 bits per heavy atom. The number of nitrogens with one attached hydrogen (secondary N) is 2. The minimum absolute atomic E-state index is 0.131. The molecule has 0 radical (unpaired) electrons. The molecule has 0 unspecified atom stereocenters. The molecule has 20 heavy (non-hydrogen) atoms. The van der Waals surface area contributed by atoms with Crippen LogP contribution in [0.5, 0.6) is 0 Å². The maximum atomic E-state index is 11.8. The summed E-state index contributed by atoms with van der Waals surface area (Å²) in [5, 5.41) is 5.75. The van der Waals surface area contributed by atoms with Crippen molar-refractivity contribution in [3.8, 4) is 0 Å². The first kappa shape index (κ1) is 15.3. The van der Waals surface area contributed by atoms with Gasteiger partial charge in [-0.25, -0.2) is 4.79 Å². The minimum Gasteiger partial charge on any atom is -0.338 e. The summed E-state index contributed by atoms with van der Waals surface area (Å²) in [4.78, 5) is 14.2. The Kier molecular flexibility index (Phi) is 5.86. The van der Waals surface area contributed by atoms with Gasteiger partial charge in [0, 0.05) is 16.7 Å². The lowest BCUT2D eigenvalue weighted by molar-refractivity contribution is 0.251. The molecule has 0 bridgehead atoms. The Hall–Kier alpha value is -1.07. The number of halogens is 1. The summed E-state index contributed by atoms with van der Waals surface area (Å²) < 4.78 is 1.05. The first-order chi connectivity index (χ1) is 9.65. The molecule has 5 heteroatoms. The molecule has 2 rings (SSSR count). The van der Waals surface area contributed by atoms with Crippen molar-refractivity contribution in [2.45, 2.75) is 26.2 Å². The van der Waals surface area contributed by atoms with Gasteiger partial charge in [0.1, 0.15) is 0 Å². The number of anilines is 1. The standard InChI is InChI=1S/C15H22BrN3O/c1-12-11-13(5-6-14(12)16)18-15(20)17-7-4-10-19-8-2-3-9-19/h5-6,11H,2-4,7-10H2,1H3,(H2,17,18,20). The smallest absolute Gasteiger partial charge is 0.319 e. The fourth-order valence-electron chi connectivity index (χ4n) is 2.41. The van der Waals surface area contributed by atoms with Crippen molar-refractivity contribution in [1.29, 1.82) is 0 Å². The molecule has 1 saturated heterocycles. The van der Waals surface area contributed by atoms with Crippen LogP contribution in [0, 0.1) is 6.92 Å². The van der Waals surface area contributed by atoms with Gasteiger partial charge in [-0.15, -0.1) is 0 Å². The molecule has 1 heterocycles. The number of hydrogen-bond acceptors (Lipinski definition) is 2. The number of amides is 2. The highest BCUT2D eigenvalue weighted by molar-refractivity contribution is 9.10. The molecular weight excluding hydrogens is 318 g/mol.